The Bertz CT molecular complexity index is 3160. The molecule has 4 heterocycles. The summed E-state index contributed by atoms with van der Waals surface area (Å²) < 4.78 is 63.7. The van der Waals surface area contributed by atoms with Crippen molar-refractivity contribution in [3.05, 3.63) is 106 Å². The Morgan fingerprint density at radius 2 is 1.13 bits per heavy atom. The topological polar surface area (TPSA) is 154 Å². The molecular weight excluding hydrogens is 961 g/mol. The minimum Gasteiger partial charge on any atom is -0.375 e. The van der Waals surface area contributed by atoms with E-state index >= 15 is 0 Å². The third-order valence-electron chi connectivity index (χ3n) is 9.76. The number of nitrogens with one attached hydrogen (secondary N) is 1. The minimum atomic E-state index is -5.62. The van der Waals surface area contributed by atoms with E-state index in [1.807, 2.05) is 32.0 Å². The smallest absolute Gasteiger partial charge is 0.375 e. The fourth-order valence-electron chi connectivity index (χ4n) is 6.71. The van der Waals surface area contributed by atoms with Gasteiger partial charge in [-0.2, -0.15) is 21.6 Å². The Balaban J connectivity index is 0.000000193. The molecule has 2 saturated heterocycles. The number of benzene rings is 4. The quantitative estimate of drug-likeness (QED) is 0.121. The number of thiocarbonyl (C=S) groups is 2. The Kier molecular flexibility index (Phi) is 11.6. The molecule has 0 atom stereocenters. The SMILES string of the molecule is [C-]#[N+]c1ccc(N2C(=O)C(C)(C)N(c3ccc4sc(N)nc4c3)C2=S)cc1Cl.[C-]#[N+]c1ccc(N2C(=O)C(C)(C)N(c3ccc4sc(NS(=O)(=O)C(F)(F)F)nc4c3)C2=S)cc1Cl. The van der Waals surface area contributed by atoms with Crippen LogP contribution in [-0.4, -0.2) is 57.0 Å². The Morgan fingerprint density at radius 3 is 1.54 bits per heavy atom. The summed E-state index contributed by atoms with van der Waals surface area (Å²) in [6.45, 7) is 21.2. The molecule has 0 aliphatic carbocycles. The first-order valence-corrected chi connectivity index (χ1v) is 22.5. The molecule has 2 aromatic heterocycles. The average molecular weight is 988 g/mol. The normalized spacial score (nSPS) is 16.1. The van der Waals surface area contributed by atoms with E-state index in [2.05, 4.69) is 19.7 Å². The van der Waals surface area contributed by atoms with Crippen LogP contribution in [0, 0.1) is 13.1 Å². The zero-order valence-electron chi connectivity index (χ0n) is 32.6. The Hall–Kier alpha value is -5.72. The van der Waals surface area contributed by atoms with E-state index in [4.69, 9.17) is 66.5 Å². The van der Waals surface area contributed by atoms with Gasteiger partial charge in [-0.15, -0.1) is 0 Å². The largest absolute Gasteiger partial charge is 0.516 e. The van der Waals surface area contributed by atoms with Gasteiger partial charge in [0, 0.05) is 21.4 Å². The molecule has 322 valence electrons. The van der Waals surface area contributed by atoms with E-state index in [0.717, 1.165) is 27.2 Å². The van der Waals surface area contributed by atoms with Gasteiger partial charge in [-0.05, 0) is 113 Å². The highest BCUT2D eigenvalue weighted by molar-refractivity contribution is 7.93. The van der Waals surface area contributed by atoms with Crippen molar-refractivity contribution < 1.29 is 31.2 Å². The second kappa shape index (κ2) is 16.1. The molecule has 2 fully saturated rings. The van der Waals surface area contributed by atoms with Crippen LogP contribution in [0.4, 0.5) is 57.6 Å². The summed E-state index contributed by atoms with van der Waals surface area (Å²) in [7, 11) is -5.62. The lowest BCUT2D eigenvalue weighted by Gasteiger charge is -2.29. The van der Waals surface area contributed by atoms with Crippen LogP contribution in [0.15, 0.2) is 72.8 Å². The summed E-state index contributed by atoms with van der Waals surface area (Å²) in [4.78, 5) is 47.5. The number of rotatable bonds is 6. The van der Waals surface area contributed by atoms with Gasteiger partial charge in [0.1, 0.15) is 11.1 Å². The molecule has 24 heteroatoms. The number of anilines is 6. The van der Waals surface area contributed by atoms with E-state index in [1.54, 1.807) is 60.0 Å². The number of amides is 2. The number of halogens is 5. The van der Waals surface area contributed by atoms with Crippen LogP contribution in [-0.2, 0) is 19.6 Å². The van der Waals surface area contributed by atoms with E-state index < -0.39 is 31.7 Å². The van der Waals surface area contributed by atoms with Crippen LogP contribution in [0.1, 0.15) is 27.7 Å². The summed E-state index contributed by atoms with van der Waals surface area (Å²) in [6.07, 6.45) is 0. The van der Waals surface area contributed by atoms with Crippen molar-refractivity contribution in [3.63, 3.8) is 0 Å². The number of alkyl halides is 3. The van der Waals surface area contributed by atoms with Gasteiger partial charge in [0.2, 0.25) is 11.4 Å². The number of hydrogen-bond donors (Lipinski definition) is 2. The van der Waals surface area contributed by atoms with E-state index in [0.29, 0.717) is 37.7 Å². The first-order chi connectivity index (χ1) is 29.4. The van der Waals surface area contributed by atoms with E-state index in [1.165, 1.54) is 44.1 Å². The van der Waals surface area contributed by atoms with Crippen LogP contribution in [0.5, 0.6) is 0 Å². The number of carbonyl (C=O) groups excluding carboxylic acids is 2. The predicted octanol–water partition coefficient (Wildman–Crippen LogP) is 10.7. The number of fused-ring (bicyclic) bond motifs is 2. The summed E-state index contributed by atoms with van der Waals surface area (Å²) in [5, 5.41) is 0.914. The fourth-order valence-corrected chi connectivity index (χ4v) is 10.5. The molecule has 0 unspecified atom stereocenters. The van der Waals surface area contributed by atoms with Crippen LogP contribution in [0.25, 0.3) is 30.1 Å². The highest BCUT2D eigenvalue weighted by Gasteiger charge is 2.52. The number of aromatic nitrogens is 2. The van der Waals surface area contributed by atoms with Crippen molar-refractivity contribution in [2.24, 2.45) is 0 Å². The van der Waals surface area contributed by atoms with Gasteiger partial charge in [0.15, 0.2) is 20.5 Å². The number of thiazole rings is 2. The van der Waals surface area contributed by atoms with Crippen molar-refractivity contribution >= 4 is 167 Å². The fraction of sp³-hybridized carbons (Fsp3) is 0.179. The van der Waals surface area contributed by atoms with Crippen molar-refractivity contribution in [3.8, 4) is 0 Å². The van der Waals surface area contributed by atoms with Gasteiger partial charge in [-0.25, -0.2) is 19.7 Å². The van der Waals surface area contributed by atoms with Gasteiger partial charge >= 0.3 is 15.5 Å². The summed E-state index contributed by atoms with van der Waals surface area (Å²) in [6, 6.07) is 19.7. The van der Waals surface area contributed by atoms with Crippen molar-refractivity contribution in [1.29, 1.82) is 0 Å². The molecule has 3 N–H and O–H groups in total. The monoisotopic (exact) mass is 986 g/mol. The number of hydrogen-bond acceptors (Lipinski definition) is 11. The summed E-state index contributed by atoms with van der Waals surface area (Å²) in [5.74, 6) is -0.548. The van der Waals surface area contributed by atoms with Crippen LogP contribution in [0.3, 0.4) is 0 Å². The van der Waals surface area contributed by atoms with E-state index in [9.17, 15) is 31.2 Å². The zero-order chi connectivity index (χ0) is 46.1. The van der Waals surface area contributed by atoms with Gasteiger partial charge in [-0.1, -0.05) is 58.0 Å². The second-order valence-electron chi connectivity index (χ2n) is 14.6. The van der Waals surface area contributed by atoms with E-state index in [-0.39, 0.29) is 38.2 Å². The molecule has 0 radical (unpaired) electrons. The lowest BCUT2D eigenvalue weighted by Crippen LogP contribution is -2.44. The number of nitrogens with two attached hydrogens (primary N) is 1. The first kappa shape index (κ1) is 45.3. The third-order valence-corrected chi connectivity index (χ3v) is 14.1. The number of sulfonamides is 1. The average Bonchev–Trinajstić information content (AvgIpc) is 3.87. The zero-order valence-corrected chi connectivity index (χ0v) is 38.2. The summed E-state index contributed by atoms with van der Waals surface area (Å²) >= 11 is 25.7. The highest BCUT2D eigenvalue weighted by Crippen LogP contribution is 2.42. The second-order valence-corrected chi connectivity index (χ2v) is 19.9. The summed E-state index contributed by atoms with van der Waals surface area (Å²) in [5.41, 5.74) is 1.84. The lowest BCUT2D eigenvalue weighted by molar-refractivity contribution is -0.121. The Labute approximate surface area is 385 Å². The molecule has 2 amide bonds. The maximum Gasteiger partial charge on any atom is 0.516 e. The third kappa shape index (κ3) is 7.97. The maximum absolute atomic E-state index is 13.3. The molecule has 2 aliphatic rings. The molecule has 0 spiro atoms. The number of nitrogen functional groups attached to an aromatic ring is 1. The molecule has 6 aromatic rings. The van der Waals surface area contributed by atoms with Gasteiger partial charge in [-0.3, -0.25) is 24.1 Å². The highest BCUT2D eigenvalue weighted by atomic mass is 35.5. The van der Waals surface area contributed by atoms with Gasteiger partial charge in [0.25, 0.3) is 11.8 Å². The molecule has 0 bridgehead atoms. The number of nitrogens with zero attached hydrogens (tertiary/aromatic N) is 8. The number of carbonyl (C=O) groups is 2. The maximum atomic E-state index is 13.3. The van der Waals surface area contributed by atoms with Crippen LogP contribution >= 0.6 is 70.3 Å². The molecule has 8 rings (SSSR count). The van der Waals surface area contributed by atoms with Crippen LogP contribution < -0.4 is 30.1 Å². The molecule has 14 nitrogen and oxygen atoms in total. The molecule has 63 heavy (non-hydrogen) atoms. The minimum absolute atomic E-state index is 0.110. The van der Waals surface area contributed by atoms with Crippen molar-refractivity contribution in [1.82, 2.24) is 9.97 Å². The Morgan fingerprint density at radius 1 is 0.714 bits per heavy atom. The van der Waals surface area contributed by atoms with Crippen LogP contribution in [0.2, 0.25) is 10.0 Å². The van der Waals surface area contributed by atoms with Gasteiger partial charge in [0.05, 0.1) is 45.0 Å². The standard InChI is InChI=1S/C20H13ClF3N5O3S3.C19H14ClN5OS2/c1-19(2)16(30)28(10-4-6-13(25-3)12(21)8-10)18(33)29(19)11-5-7-15-14(9-11)26-17(34-15)27-35(31,32)20(22,23)24;1-19(2)16(26)24(10-4-6-13(22-3)12(20)8-10)18(27)25(19)11-5-7-15-14(9-11)23-17(21)28-15/h4-9H,1-2H3,(H,26,27);4-9H,1-2H3,(H2,21,23). The molecule has 2 aliphatic heterocycles. The lowest BCUT2D eigenvalue weighted by atomic mass is 10.0. The molecule has 4 aromatic carbocycles. The first-order valence-electron chi connectivity index (χ1n) is 17.8. The van der Waals surface area contributed by atoms with Crippen molar-refractivity contribution in [2.45, 2.75) is 44.3 Å². The molecular formula is C39H27Cl2F3N10O4S5. The van der Waals surface area contributed by atoms with Gasteiger partial charge < -0.3 is 15.5 Å². The predicted molar refractivity (Wildman–Crippen MR) is 251 cm³/mol. The molecule has 0 saturated carbocycles. The van der Waals surface area contributed by atoms with Crippen molar-refractivity contribution in [2.75, 3.05) is 30.1 Å².